The number of anilines is 1. The minimum atomic E-state index is -3.30. The van der Waals surface area contributed by atoms with Gasteiger partial charge in [-0.25, -0.2) is 8.42 Å². The molecule has 1 aromatic carbocycles. The van der Waals surface area contributed by atoms with E-state index in [4.69, 9.17) is 5.11 Å². The molecule has 5 nitrogen and oxygen atoms in total. The Hall–Kier alpha value is -1.11. The molecule has 2 rings (SSSR count). The second-order valence-corrected chi connectivity index (χ2v) is 7.37. The second-order valence-electron chi connectivity index (χ2n) is 5.53. The number of sulfonamides is 1. The van der Waals surface area contributed by atoms with Crippen molar-refractivity contribution < 1.29 is 13.5 Å². The summed E-state index contributed by atoms with van der Waals surface area (Å²) in [5.74, 6) is 0.142. The maximum atomic E-state index is 12.1. The maximum absolute atomic E-state index is 12.1. The molecule has 3 N–H and O–H groups in total. The van der Waals surface area contributed by atoms with Gasteiger partial charge in [0.15, 0.2) is 0 Å². The molecule has 1 heterocycles. The predicted molar refractivity (Wildman–Crippen MR) is 84.9 cm³/mol. The van der Waals surface area contributed by atoms with Gasteiger partial charge in [0.25, 0.3) is 0 Å². The van der Waals surface area contributed by atoms with Gasteiger partial charge >= 0.3 is 0 Å². The summed E-state index contributed by atoms with van der Waals surface area (Å²) in [6, 6.07) is 7.46. The predicted octanol–water partition coefficient (Wildman–Crippen LogP) is 1.50. The summed E-state index contributed by atoms with van der Waals surface area (Å²) in [5.41, 5.74) is 1.57. The summed E-state index contributed by atoms with van der Waals surface area (Å²) in [6.45, 7) is 1.09. The molecule has 1 saturated heterocycles. The first-order valence-electron chi connectivity index (χ1n) is 7.53. The van der Waals surface area contributed by atoms with E-state index in [1.165, 1.54) is 12.8 Å². The number of hydrogen-bond donors (Lipinski definition) is 3. The minimum absolute atomic E-state index is 0.0967. The molecule has 1 aliphatic rings. The summed E-state index contributed by atoms with van der Waals surface area (Å²) in [5, 5.41) is 12.2. The Labute approximate surface area is 126 Å². The molecule has 1 unspecified atom stereocenters. The van der Waals surface area contributed by atoms with Gasteiger partial charge in [-0.15, -0.1) is 0 Å². The molecule has 1 atom stereocenters. The van der Waals surface area contributed by atoms with Crippen molar-refractivity contribution in [2.75, 3.05) is 23.6 Å². The zero-order chi connectivity index (χ0) is 15.1. The van der Waals surface area contributed by atoms with E-state index < -0.39 is 10.0 Å². The van der Waals surface area contributed by atoms with Crippen LogP contribution in [0.1, 0.15) is 31.2 Å². The molecular weight excluding hydrogens is 288 g/mol. The van der Waals surface area contributed by atoms with Gasteiger partial charge in [0, 0.05) is 18.3 Å². The first-order chi connectivity index (χ1) is 10.1. The third-order valence-corrected chi connectivity index (χ3v) is 5.10. The summed E-state index contributed by atoms with van der Waals surface area (Å²) in [6.07, 6.45) is 4.66. The molecule has 1 fully saturated rings. The lowest BCUT2D eigenvalue weighted by Gasteiger charge is -2.23. The smallest absolute Gasteiger partial charge is 0.232 e. The first-order valence-corrected chi connectivity index (χ1v) is 9.18. The molecule has 0 amide bonds. The molecule has 0 saturated carbocycles. The van der Waals surface area contributed by atoms with Crippen molar-refractivity contribution in [2.45, 2.75) is 38.1 Å². The van der Waals surface area contributed by atoms with E-state index in [2.05, 4.69) is 10.0 Å². The van der Waals surface area contributed by atoms with E-state index in [0.29, 0.717) is 24.6 Å². The van der Waals surface area contributed by atoms with Gasteiger partial charge in [0.05, 0.1) is 5.75 Å². The average molecular weight is 312 g/mol. The van der Waals surface area contributed by atoms with E-state index >= 15 is 0 Å². The normalized spacial score (nSPS) is 19.4. The lowest BCUT2D eigenvalue weighted by molar-refractivity contribution is 0.299. The van der Waals surface area contributed by atoms with E-state index in [1.807, 2.05) is 12.1 Å². The van der Waals surface area contributed by atoms with Crippen molar-refractivity contribution >= 4 is 15.7 Å². The number of aliphatic hydroxyl groups excluding tert-OH is 1. The number of aliphatic hydroxyl groups is 1. The molecular formula is C15H24N2O3S. The largest absolute Gasteiger partial charge is 0.396 e. The molecule has 0 aliphatic carbocycles. The summed E-state index contributed by atoms with van der Waals surface area (Å²) < 4.78 is 26.8. The minimum Gasteiger partial charge on any atom is -0.396 e. The Bertz CT molecular complexity index is 522. The molecule has 0 radical (unpaired) electrons. The second kappa shape index (κ2) is 7.77. The van der Waals surface area contributed by atoms with Crippen LogP contribution >= 0.6 is 0 Å². The summed E-state index contributed by atoms with van der Waals surface area (Å²) >= 11 is 0. The quantitative estimate of drug-likeness (QED) is 0.713. The van der Waals surface area contributed by atoms with Crippen molar-refractivity contribution in [3.05, 3.63) is 29.8 Å². The van der Waals surface area contributed by atoms with E-state index in [9.17, 15) is 8.42 Å². The van der Waals surface area contributed by atoms with Crippen LogP contribution in [0.2, 0.25) is 0 Å². The molecule has 0 spiro atoms. The fraction of sp³-hybridized carbons (Fsp3) is 0.600. The van der Waals surface area contributed by atoms with Gasteiger partial charge in [-0.3, -0.25) is 4.72 Å². The molecule has 0 aromatic heterocycles. The Morgan fingerprint density at radius 1 is 1.24 bits per heavy atom. The first kappa shape index (κ1) is 16.3. The maximum Gasteiger partial charge on any atom is 0.232 e. The van der Waals surface area contributed by atoms with Gasteiger partial charge < -0.3 is 10.4 Å². The van der Waals surface area contributed by atoms with E-state index in [-0.39, 0.29) is 12.4 Å². The standard InChI is InChI=1S/C15H24N2O3S/c18-11-8-13-4-6-15(7-5-13)17-21(19,20)12-9-14-3-1-2-10-16-14/h4-7,14,16-18H,1-3,8-12H2. The van der Waals surface area contributed by atoms with Crippen molar-refractivity contribution in [2.24, 2.45) is 0 Å². The highest BCUT2D eigenvalue weighted by molar-refractivity contribution is 7.92. The Morgan fingerprint density at radius 3 is 2.62 bits per heavy atom. The van der Waals surface area contributed by atoms with Crippen LogP contribution in [-0.2, 0) is 16.4 Å². The van der Waals surface area contributed by atoms with Crippen molar-refractivity contribution in [1.29, 1.82) is 0 Å². The monoisotopic (exact) mass is 312 g/mol. The third kappa shape index (κ3) is 5.65. The highest BCUT2D eigenvalue weighted by Crippen LogP contribution is 2.14. The molecule has 118 valence electrons. The lowest BCUT2D eigenvalue weighted by atomic mass is 10.0. The number of nitrogens with one attached hydrogen (secondary N) is 2. The molecule has 21 heavy (non-hydrogen) atoms. The van der Waals surface area contributed by atoms with Crippen molar-refractivity contribution in [3.63, 3.8) is 0 Å². The average Bonchev–Trinajstić information content (AvgIpc) is 2.48. The molecule has 6 heteroatoms. The van der Waals surface area contributed by atoms with Gasteiger partial charge in [-0.05, 0) is 49.9 Å². The van der Waals surface area contributed by atoms with Gasteiger partial charge in [-0.1, -0.05) is 18.6 Å². The van der Waals surface area contributed by atoms with Gasteiger partial charge in [0.1, 0.15) is 0 Å². The molecule has 1 aliphatic heterocycles. The fourth-order valence-corrected chi connectivity index (χ4v) is 3.76. The van der Waals surface area contributed by atoms with E-state index in [0.717, 1.165) is 18.5 Å². The molecule has 0 bridgehead atoms. The number of benzene rings is 1. The highest BCUT2D eigenvalue weighted by atomic mass is 32.2. The van der Waals surface area contributed by atoms with Crippen molar-refractivity contribution in [3.8, 4) is 0 Å². The van der Waals surface area contributed by atoms with Crippen LogP contribution in [0.3, 0.4) is 0 Å². The fourth-order valence-electron chi connectivity index (χ4n) is 2.57. The SMILES string of the molecule is O=S(=O)(CCC1CCCCN1)Nc1ccc(CCO)cc1. The van der Waals surface area contributed by atoms with Crippen LogP contribution in [0.4, 0.5) is 5.69 Å². The Morgan fingerprint density at radius 2 is 2.00 bits per heavy atom. The lowest BCUT2D eigenvalue weighted by Crippen LogP contribution is -2.36. The third-order valence-electron chi connectivity index (χ3n) is 3.78. The van der Waals surface area contributed by atoms with Gasteiger partial charge in [0.2, 0.25) is 10.0 Å². The van der Waals surface area contributed by atoms with Gasteiger partial charge in [-0.2, -0.15) is 0 Å². The van der Waals surface area contributed by atoms with Crippen LogP contribution in [-0.4, -0.2) is 38.5 Å². The topological polar surface area (TPSA) is 78.4 Å². The van der Waals surface area contributed by atoms with E-state index in [1.54, 1.807) is 12.1 Å². The zero-order valence-corrected chi connectivity index (χ0v) is 13.0. The Kier molecular flexibility index (Phi) is 6.02. The number of rotatable bonds is 7. The molecule has 1 aromatic rings. The zero-order valence-electron chi connectivity index (χ0n) is 12.2. The van der Waals surface area contributed by atoms with Crippen LogP contribution in [0.25, 0.3) is 0 Å². The van der Waals surface area contributed by atoms with Crippen LogP contribution in [0, 0.1) is 0 Å². The summed E-state index contributed by atoms with van der Waals surface area (Å²) in [7, 11) is -3.30. The number of hydrogen-bond acceptors (Lipinski definition) is 4. The van der Waals surface area contributed by atoms with Crippen molar-refractivity contribution in [1.82, 2.24) is 5.32 Å². The highest BCUT2D eigenvalue weighted by Gasteiger charge is 2.17. The summed E-state index contributed by atoms with van der Waals surface area (Å²) in [4.78, 5) is 0. The van der Waals surface area contributed by atoms with Crippen LogP contribution < -0.4 is 10.0 Å². The van der Waals surface area contributed by atoms with Crippen LogP contribution in [0.5, 0.6) is 0 Å². The Balaban J connectivity index is 1.84. The number of piperidine rings is 1. The van der Waals surface area contributed by atoms with Crippen LogP contribution in [0.15, 0.2) is 24.3 Å².